The summed E-state index contributed by atoms with van der Waals surface area (Å²) in [5.41, 5.74) is 1.99. The lowest BCUT2D eigenvalue weighted by molar-refractivity contribution is -0.127. The van der Waals surface area contributed by atoms with Gasteiger partial charge in [-0.15, -0.1) is 0 Å². The van der Waals surface area contributed by atoms with Crippen LogP contribution in [0, 0.1) is 5.82 Å². The predicted octanol–water partition coefficient (Wildman–Crippen LogP) is 4.17. The fourth-order valence-corrected chi connectivity index (χ4v) is 3.43. The Hall–Kier alpha value is -3.13. The molecule has 1 aliphatic heterocycles. The topological polar surface area (TPSA) is 79.4 Å². The van der Waals surface area contributed by atoms with Crippen LogP contribution in [0.1, 0.15) is 12.8 Å². The second-order valence-electron chi connectivity index (χ2n) is 6.64. The average molecular weight is 416 g/mol. The lowest BCUT2D eigenvalue weighted by Gasteiger charge is -2.19. The molecule has 150 valence electrons. The van der Waals surface area contributed by atoms with Gasteiger partial charge in [-0.3, -0.25) is 4.79 Å². The standard InChI is InChI=1S/C20H19ClFN5O2/c1-29-18-9-16-13(8-17(18)25-11-27-6-2-3-19(27)28)20(24-10-23-16)26-12-4-5-15(22)14(21)7-12/h4-5,7-10,25H,2-3,6,11H2,1H3,(H,23,24,26). The van der Waals surface area contributed by atoms with Crippen LogP contribution in [0.2, 0.25) is 5.02 Å². The van der Waals surface area contributed by atoms with Crippen LogP contribution in [0.15, 0.2) is 36.7 Å². The van der Waals surface area contributed by atoms with Gasteiger partial charge in [-0.05, 0) is 30.7 Å². The molecule has 0 bridgehead atoms. The number of nitrogens with one attached hydrogen (secondary N) is 2. The van der Waals surface area contributed by atoms with Gasteiger partial charge in [-0.25, -0.2) is 14.4 Å². The first kappa shape index (κ1) is 19.2. The van der Waals surface area contributed by atoms with Crippen molar-refractivity contribution in [1.29, 1.82) is 0 Å². The molecule has 0 radical (unpaired) electrons. The lowest BCUT2D eigenvalue weighted by atomic mass is 10.2. The van der Waals surface area contributed by atoms with E-state index in [2.05, 4.69) is 20.6 Å². The number of fused-ring (bicyclic) bond motifs is 1. The number of hydrogen-bond donors (Lipinski definition) is 2. The summed E-state index contributed by atoms with van der Waals surface area (Å²) in [5.74, 6) is 0.799. The summed E-state index contributed by atoms with van der Waals surface area (Å²) >= 11 is 5.87. The maximum absolute atomic E-state index is 13.4. The van der Waals surface area contributed by atoms with Crippen LogP contribution in [-0.4, -0.2) is 41.1 Å². The normalized spacial score (nSPS) is 13.8. The number of halogens is 2. The Balaban J connectivity index is 1.66. The Morgan fingerprint density at radius 1 is 1.28 bits per heavy atom. The summed E-state index contributed by atoms with van der Waals surface area (Å²) < 4.78 is 18.9. The zero-order valence-corrected chi connectivity index (χ0v) is 16.5. The zero-order chi connectivity index (χ0) is 20.4. The van der Waals surface area contributed by atoms with E-state index in [1.807, 2.05) is 6.07 Å². The van der Waals surface area contributed by atoms with Gasteiger partial charge in [0.05, 0.1) is 30.0 Å². The molecule has 7 nitrogen and oxygen atoms in total. The second kappa shape index (κ2) is 8.08. The van der Waals surface area contributed by atoms with Gasteiger partial charge >= 0.3 is 0 Å². The molecule has 9 heteroatoms. The van der Waals surface area contributed by atoms with Crippen molar-refractivity contribution in [2.24, 2.45) is 0 Å². The maximum atomic E-state index is 13.4. The smallest absolute Gasteiger partial charge is 0.224 e. The maximum Gasteiger partial charge on any atom is 0.224 e. The third-order valence-corrected chi connectivity index (χ3v) is 5.06. The monoisotopic (exact) mass is 415 g/mol. The molecule has 1 fully saturated rings. The highest BCUT2D eigenvalue weighted by molar-refractivity contribution is 6.31. The first-order valence-corrected chi connectivity index (χ1v) is 9.49. The van der Waals surface area contributed by atoms with Crippen molar-refractivity contribution in [3.63, 3.8) is 0 Å². The molecular weight excluding hydrogens is 397 g/mol. The van der Waals surface area contributed by atoms with Crippen molar-refractivity contribution >= 4 is 45.6 Å². The molecule has 0 unspecified atom stereocenters. The zero-order valence-electron chi connectivity index (χ0n) is 15.7. The van der Waals surface area contributed by atoms with Crippen molar-refractivity contribution < 1.29 is 13.9 Å². The van der Waals surface area contributed by atoms with Crippen molar-refractivity contribution in [1.82, 2.24) is 14.9 Å². The molecule has 2 N–H and O–H groups in total. The van der Waals surface area contributed by atoms with E-state index in [4.69, 9.17) is 16.3 Å². The molecule has 0 saturated carbocycles. The molecule has 1 aromatic heterocycles. The third-order valence-electron chi connectivity index (χ3n) is 4.77. The summed E-state index contributed by atoms with van der Waals surface area (Å²) in [7, 11) is 1.58. The van der Waals surface area contributed by atoms with Crippen LogP contribution in [-0.2, 0) is 4.79 Å². The molecule has 2 heterocycles. The summed E-state index contributed by atoms with van der Waals surface area (Å²) in [6.07, 6.45) is 2.89. The quantitative estimate of drug-likeness (QED) is 0.629. The van der Waals surface area contributed by atoms with E-state index in [1.165, 1.54) is 18.5 Å². The SMILES string of the molecule is COc1cc2ncnc(Nc3ccc(F)c(Cl)c3)c2cc1NCN1CCCC1=O. The van der Waals surface area contributed by atoms with Crippen molar-refractivity contribution in [2.75, 3.05) is 31.0 Å². The van der Waals surface area contributed by atoms with E-state index < -0.39 is 5.82 Å². The number of carbonyl (C=O) groups excluding carboxylic acids is 1. The summed E-state index contributed by atoms with van der Waals surface area (Å²) in [6, 6.07) is 8.02. The number of hydrogen-bond acceptors (Lipinski definition) is 6. The molecule has 4 rings (SSSR count). The molecular formula is C20H19ClFN5O2. The number of amides is 1. The van der Waals surface area contributed by atoms with E-state index >= 15 is 0 Å². The van der Waals surface area contributed by atoms with Gasteiger partial charge in [0.2, 0.25) is 5.91 Å². The first-order chi connectivity index (χ1) is 14.0. The van der Waals surface area contributed by atoms with Crippen molar-refractivity contribution in [3.05, 3.63) is 47.5 Å². The van der Waals surface area contributed by atoms with E-state index in [1.54, 1.807) is 24.1 Å². The fraction of sp³-hybridized carbons (Fsp3) is 0.250. The molecule has 3 aromatic rings. The van der Waals surface area contributed by atoms with Gasteiger partial charge in [0.15, 0.2) is 0 Å². The molecule has 2 aromatic carbocycles. The number of nitrogens with zero attached hydrogens (tertiary/aromatic N) is 3. The molecule has 0 atom stereocenters. The second-order valence-corrected chi connectivity index (χ2v) is 7.05. The molecule has 29 heavy (non-hydrogen) atoms. The van der Waals surface area contributed by atoms with Crippen LogP contribution in [0.4, 0.5) is 21.6 Å². The van der Waals surface area contributed by atoms with E-state index in [9.17, 15) is 9.18 Å². The van der Waals surface area contributed by atoms with Crippen LogP contribution in [0.5, 0.6) is 5.75 Å². The fourth-order valence-electron chi connectivity index (χ4n) is 3.25. The number of methoxy groups -OCH3 is 1. The van der Waals surface area contributed by atoms with E-state index in [0.717, 1.165) is 24.0 Å². The Bertz CT molecular complexity index is 1080. The molecule has 0 aliphatic carbocycles. The minimum absolute atomic E-state index is 0.0210. The highest BCUT2D eigenvalue weighted by Gasteiger charge is 2.20. The average Bonchev–Trinajstić information content (AvgIpc) is 3.13. The van der Waals surface area contributed by atoms with Gasteiger partial charge in [0.1, 0.15) is 23.7 Å². The minimum Gasteiger partial charge on any atom is -0.495 e. The largest absolute Gasteiger partial charge is 0.495 e. The highest BCUT2D eigenvalue weighted by Crippen LogP contribution is 2.33. The molecule has 1 aliphatic rings. The van der Waals surface area contributed by atoms with Crippen molar-refractivity contribution in [3.8, 4) is 5.75 Å². The Labute approximate surface area is 171 Å². The first-order valence-electron chi connectivity index (χ1n) is 9.11. The van der Waals surface area contributed by atoms with Crippen LogP contribution in [0.3, 0.4) is 0 Å². The van der Waals surface area contributed by atoms with E-state index in [-0.39, 0.29) is 10.9 Å². The number of aromatic nitrogens is 2. The molecule has 1 saturated heterocycles. The highest BCUT2D eigenvalue weighted by atomic mass is 35.5. The predicted molar refractivity (Wildman–Crippen MR) is 110 cm³/mol. The lowest BCUT2D eigenvalue weighted by Crippen LogP contribution is -2.30. The number of ether oxygens (including phenoxy) is 1. The molecule has 0 spiro atoms. The minimum atomic E-state index is -0.488. The van der Waals surface area contributed by atoms with Gasteiger partial charge in [0.25, 0.3) is 0 Å². The van der Waals surface area contributed by atoms with Gasteiger partial charge in [-0.2, -0.15) is 0 Å². The summed E-state index contributed by atoms with van der Waals surface area (Å²) in [6.45, 7) is 1.13. The van der Waals surface area contributed by atoms with Crippen LogP contribution >= 0.6 is 11.6 Å². The number of rotatable bonds is 6. The van der Waals surface area contributed by atoms with Gasteiger partial charge in [0, 0.05) is 30.1 Å². The van der Waals surface area contributed by atoms with E-state index in [0.29, 0.717) is 35.9 Å². The number of likely N-dealkylation sites (tertiary alicyclic amines) is 1. The number of benzene rings is 2. The van der Waals surface area contributed by atoms with Crippen molar-refractivity contribution in [2.45, 2.75) is 12.8 Å². The third kappa shape index (κ3) is 4.02. The Morgan fingerprint density at radius 3 is 2.86 bits per heavy atom. The number of carbonyl (C=O) groups is 1. The van der Waals surface area contributed by atoms with Crippen LogP contribution < -0.4 is 15.4 Å². The van der Waals surface area contributed by atoms with Crippen LogP contribution in [0.25, 0.3) is 10.9 Å². The Morgan fingerprint density at radius 2 is 2.14 bits per heavy atom. The van der Waals surface area contributed by atoms with Gasteiger partial charge < -0.3 is 20.3 Å². The molecule has 1 amide bonds. The van der Waals surface area contributed by atoms with Gasteiger partial charge in [-0.1, -0.05) is 11.6 Å². The number of anilines is 3. The summed E-state index contributed by atoms with van der Waals surface area (Å²) in [4.78, 5) is 22.2. The Kier molecular flexibility index (Phi) is 5.35. The summed E-state index contributed by atoms with van der Waals surface area (Å²) in [5, 5.41) is 7.17.